The van der Waals surface area contributed by atoms with E-state index in [2.05, 4.69) is 31.3 Å². The van der Waals surface area contributed by atoms with E-state index in [0.717, 1.165) is 28.8 Å². The first kappa shape index (κ1) is 14.7. The summed E-state index contributed by atoms with van der Waals surface area (Å²) in [5.74, 6) is -0.147. The van der Waals surface area contributed by atoms with Gasteiger partial charge in [0.15, 0.2) is 0 Å². The summed E-state index contributed by atoms with van der Waals surface area (Å²) in [5, 5.41) is 7.24. The number of nitrogens with one attached hydrogen (secondary N) is 1. The van der Waals surface area contributed by atoms with Gasteiger partial charge in [-0.15, -0.1) is 0 Å². The monoisotopic (exact) mass is 336 g/mol. The number of rotatable bonds is 5. The van der Waals surface area contributed by atoms with Gasteiger partial charge in [-0.1, -0.05) is 0 Å². The van der Waals surface area contributed by atoms with Gasteiger partial charge in [-0.05, 0) is 54.4 Å². The number of hydrogen-bond donors (Lipinski definition) is 1. The first-order valence-electron chi connectivity index (χ1n) is 6.47. The summed E-state index contributed by atoms with van der Waals surface area (Å²) in [6, 6.07) is 5.54. The van der Waals surface area contributed by atoms with Crippen LogP contribution in [0.4, 0.5) is 0 Å². The largest absolute Gasteiger partial charge is 0.351 e. The maximum atomic E-state index is 11.8. The van der Waals surface area contributed by atoms with Crippen LogP contribution in [0, 0.1) is 13.8 Å². The molecule has 2 aromatic heterocycles. The zero-order valence-corrected chi connectivity index (χ0v) is 13.1. The molecule has 0 unspecified atom stereocenters. The minimum Gasteiger partial charge on any atom is -0.351 e. The Kier molecular flexibility index (Phi) is 4.89. The van der Waals surface area contributed by atoms with E-state index < -0.39 is 0 Å². The van der Waals surface area contributed by atoms with Gasteiger partial charge in [0.25, 0.3) is 5.91 Å². The molecule has 0 fully saturated rings. The van der Waals surface area contributed by atoms with E-state index >= 15 is 0 Å². The molecule has 106 valence electrons. The zero-order valence-electron chi connectivity index (χ0n) is 11.6. The molecular weight excluding hydrogens is 320 g/mol. The van der Waals surface area contributed by atoms with Crippen LogP contribution < -0.4 is 5.32 Å². The van der Waals surface area contributed by atoms with Gasteiger partial charge in [-0.2, -0.15) is 5.10 Å². The third-order valence-electron chi connectivity index (χ3n) is 2.90. The number of aryl methyl sites for hydroxylation is 3. The van der Waals surface area contributed by atoms with Crippen LogP contribution in [0.15, 0.2) is 28.9 Å². The second-order valence-electron chi connectivity index (χ2n) is 4.62. The van der Waals surface area contributed by atoms with E-state index in [1.807, 2.05) is 24.6 Å². The third-order valence-corrected chi connectivity index (χ3v) is 3.36. The van der Waals surface area contributed by atoms with Crippen LogP contribution in [0.1, 0.15) is 28.3 Å². The Morgan fingerprint density at radius 3 is 2.80 bits per heavy atom. The molecule has 1 N–H and O–H groups in total. The maximum absolute atomic E-state index is 11.8. The molecule has 0 radical (unpaired) electrons. The zero-order chi connectivity index (χ0) is 14.5. The van der Waals surface area contributed by atoms with Gasteiger partial charge in [0.05, 0.1) is 5.69 Å². The standard InChI is InChI=1S/C14H17BrN4O/c1-10-8-11(2)19(18-10)7-3-6-16-14(20)13-5-4-12(15)9-17-13/h4-5,8-9H,3,6-7H2,1-2H3,(H,16,20). The van der Waals surface area contributed by atoms with Gasteiger partial charge >= 0.3 is 0 Å². The molecule has 1 amide bonds. The number of amides is 1. The second kappa shape index (κ2) is 6.65. The van der Waals surface area contributed by atoms with Gasteiger partial charge in [-0.3, -0.25) is 9.48 Å². The average molecular weight is 337 g/mol. The molecule has 0 aromatic carbocycles. The van der Waals surface area contributed by atoms with Crippen LogP contribution in [0.3, 0.4) is 0 Å². The summed E-state index contributed by atoms with van der Waals surface area (Å²) < 4.78 is 2.82. The van der Waals surface area contributed by atoms with Gasteiger partial charge in [-0.25, -0.2) is 4.98 Å². The lowest BCUT2D eigenvalue weighted by Gasteiger charge is -2.06. The summed E-state index contributed by atoms with van der Waals surface area (Å²) in [4.78, 5) is 15.9. The lowest BCUT2D eigenvalue weighted by Crippen LogP contribution is -2.26. The van der Waals surface area contributed by atoms with Crippen molar-refractivity contribution in [3.8, 4) is 0 Å². The molecule has 2 heterocycles. The minimum absolute atomic E-state index is 0.147. The van der Waals surface area contributed by atoms with Gasteiger partial charge in [0, 0.05) is 29.5 Å². The number of carbonyl (C=O) groups excluding carboxylic acids is 1. The van der Waals surface area contributed by atoms with E-state index in [4.69, 9.17) is 0 Å². The van der Waals surface area contributed by atoms with Crippen molar-refractivity contribution in [2.75, 3.05) is 6.54 Å². The molecular formula is C14H17BrN4O. The van der Waals surface area contributed by atoms with Crippen LogP contribution >= 0.6 is 15.9 Å². The first-order chi connectivity index (χ1) is 9.56. The fourth-order valence-corrected chi connectivity index (χ4v) is 2.17. The molecule has 0 saturated carbocycles. The van der Waals surface area contributed by atoms with Crippen molar-refractivity contribution in [2.24, 2.45) is 0 Å². The SMILES string of the molecule is Cc1cc(C)n(CCCNC(=O)c2ccc(Br)cn2)n1. The Labute approximate surface area is 126 Å². The summed E-state index contributed by atoms with van der Waals surface area (Å²) >= 11 is 3.29. The average Bonchev–Trinajstić information content (AvgIpc) is 2.73. The van der Waals surface area contributed by atoms with E-state index in [1.54, 1.807) is 18.3 Å². The number of hydrogen-bond acceptors (Lipinski definition) is 3. The molecule has 0 atom stereocenters. The molecule has 2 rings (SSSR count). The van der Waals surface area contributed by atoms with Crippen molar-refractivity contribution in [2.45, 2.75) is 26.8 Å². The molecule has 0 spiro atoms. The van der Waals surface area contributed by atoms with Crippen molar-refractivity contribution < 1.29 is 4.79 Å². The smallest absolute Gasteiger partial charge is 0.269 e. The van der Waals surface area contributed by atoms with E-state index in [-0.39, 0.29) is 5.91 Å². The van der Waals surface area contributed by atoms with E-state index in [0.29, 0.717) is 12.2 Å². The van der Waals surface area contributed by atoms with Crippen LogP contribution in [0.25, 0.3) is 0 Å². The lowest BCUT2D eigenvalue weighted by molar-refractivity contribution is 0.0947. The molecule has 0 aliphatic heterocycles. The topological polar surface area (TPSA) is 59.8 Å². The minimum atomic E-state index is -0.147. The molecule has 0 aliphatic rings. The second-order valence-corrected chi connectivity index (χ2v) is 5.54. The van der Waals surface area contributed by atoms with Crippen LogP contribution in [0.2, 0.25) is 0 Å². The fourth-order valence-electron chi connectivity index (χ4n) is 1.93. The van der Waals surface area contributed by atoms with Crippen molar-refractivity contribution in [1.29, 1.82) is 0 Å². The van der Waals surface area contributed by atoms with Crippen molar-refractivity contribution in [3.05, 3.63) is 46.0 Å². The predicted octanol–water partition coefficient (Wildman–Crippen LogP) is 2.48. The number of nitrogens with zero attached hydrogens (tertiary/aromatic N) is 3. The van der Waals surface area contributed by atoms with Gasteiger partial charge in [0.1, 0.15) is 5.69 Å². The van der Waals surface area contributed by atoms with Gasteiger partial charge in [0.2, 0.25) is 0 Å². The molecule has 0 bridgehead atoms. The maximum Gasteiger partial charge on any atom is 0.269 e. The molecule has 2 aromatic rings. The molecule has 0 saturated heterocycles. The Morgan fingerprint density at radius 1 is 1.40 bits per heavy atom. The molecule has 20 heavy (non-hydrogen) atoms. The molecule has 5 nitrogen and oxygen atoms in total. The van der Waals surface area contributed by atoms with Crippen molar-refractivity contribution in [1.82, 2.24) is 20.1 Å². The number of pyridine rings is 1. The summed E-state index contributed by atoms with van der Waals surface area (Å²) in [7, 11) is 0. The third kappa shape index (κ3) is 3.90. The summed E-state index contributed by atoms with van der Waals surface area (Å²) in [5.41, 5.74) is 2.59. The first-order valence-corrected chi connectivity index (χ1v) is 7.26. The normalized spacial score (nSPS) is 10.6. The van der Waals surface area contributed by atoms with Crippen molar-refractivity contribution in [3.63, 3.8) is 0 Å². The molecule has 6 heteroatoms. The highest BCUT2D eigenvalue weighted by atomic mass is 79.9. The Morgan fingerprint density at radius 2 is 2.20 bits per heavy atom. The highest BCUT2D eigenvalue weighted by molar-refractivity contribution is 9.10. The Hall–Kier alpha value is -1.69. The Bertz CT molecular complexity index is 592. The highest BCUT2D eigenvalue weighted by Gasteiger charge is 2.06. The van der Waals surface area contributed by atoms with Crippen LogP contribution in [0.5, 0.6) is 0 Å². The number of halogens is 1. The highest BCUT2D eigenvalue weighted by Crippen LogP contribution is 2.07. The number of aromatic nitrogens is 3. The summed E-state index contributed by atoms with van der Waals surface area (Å²) in [6.07, 6.45) is 2.45. The predicted molar refractivity (Wildman–Crippen MR) is 80.6 cm³/mol. The van der Waals surface area contributed by atoms with Crippen LogP contribution in [-0.4, -0.2) is 27.2 Å². The summed E-state index contributed by atoms with van der Waals surface area (Å²) in [6.45, 7) is 5.41. The van der Waals surface area contributed by atoms with Gasteiger partial charge < -0.3 is 5.32 Å². The van der Waals surface area contributed by atoms with Crippen molar-refractivity contribution >= 4 is 21.8 Å². The van der Waals surface area contributed by atoms with E-state index in [1.165, 1.54) is 0 Å². The quantitative estimate of drug-likeness (QED) is 0.853. The Balaban J connectivity index is 1.77. The van der Waals surface area contributed by atoms with E-state index in [9.17, 15) is 4.79 Å². The lowest BCUT2D eigenvalue weighted by atomic mass is 10.3. The van der Waals surface area contributed by atoms with Crippen LogP contribution in [-0.2, 0) is 6.54 Å². The fraction of sp³-hybridized carbons (Fsp3) is 0.357. The molecule has 0 aliphatic carbocycles. The number of carbonyl (C=O) groups is 1.